The van der Waals surface area contributed by atoms with Gasteiger partial charge < -0.3 is 15.3 Å². The molecule has 132 valence electrons. The van der Waals surface area contributed by atoms with Crippen molar-refractivity contribution in [2.24, 2.45) is 0 Å². The maximum absolute atomic E-state index is 12.3. The summed E-state index contributed by atoms with van der Waals surface area (Å²) >= 11 is 0. The average Bonchev–Trinajstić information content (AvgIpc) is 2.61. The van der Waals surface area contributed by atoms with Crippen molar-refractivity contribution in [3.8, 4) is 0 Å². The normalized spacial score (nSPS) is 10.4. The lowest BCUT2D eigenvalue weighted by atomic mass is 10.1. The molecule has 0 heterocycles. The lowest BCUT2D eigenvalue weighted by molar-refractivity contribution is -0.385. The number of aliphatic hydroxyl groups is 1. The number of carbonyl (C=O) groups excluding carboxylic acids is 1. The van der Waals surface area contributed by atoms with Gasteiger partial charge in [-0.1, -0.05) is 13.0 Å². The predicted molar refractivity (Wildman–Crippen MR) is 97.2 cm³/mol. The van der Waals surface area contributed by atoms with Crippen LogP contribution in [0.15, 0.2) is 42.5 Å². The fourth-order valence-electron chi connectivity index (χ4n) is 2.46. The van der Waals surface area contributed by atoms with Gasteiger partial charge in [-0.2, -0.15) is 0 Å². The van der Waals surface area contributed by atoms with Gasteiger partial charge in [0.15, 0.2) is 0 Å². The Kier molecular flexibility index (Phi) is 6.08. The summed E-state index contributed by atoms with van der Waals surface area (Å²) < 4.78 is 0. The van der Waals surface area contributed by atoms with Crippen LogP contribution in [-0.4, -0.2) is 36.1 Å². The van der Waals surface area contributed by atoms with Crippen LogP contribution in [0.25, 0.3) is 0 Å². The average molecular weight is 343 g/mol. The number of benzene rings is 2. The van der Waals surface area contributed by atoms with E-state index in [0.717, 1.165) is 5.69 Å². The van der Waals surface area contributed by atoms with Crippen LogP contribution >= 0.6 is 0 Å². The Bertz CT molecular complexity index is 759. The van der Waals surface area contributed by atoms with Crippen molar-refractivity contribution >= 4 is 23.0 Å². The Morgan fingerprint density at radius 3 is 2.48 bits per heavy atom. The van der Waals surface area contributed by atoms with E-state index in [1.807, 2.05) is 31.0 Å². The van der Waals surface area contributed by atoms with E-state index in [-0.39, 0.29) is 17.9 Å². The van der Waals surface area contributed by atoms with Crippen LogP contribution < -0.4 is 10.2 Å². The second-order valence-electron chi connectivity index (χ2n) is 5.60. The van der Waals surface area contributed by atoms with Gasteiger partial charge in [0.25, 0.3) is 11.6 Å². The summed E-state index contributed by atoms with van der Waals surface area (Å²) in [5.41, 5.74) is 2.29. The second kappa shape index (κ2) is 8.25. The Hall–Kier alpha value is -2.93. The third-order valence-electron chi connectivity index (χ3n) is 3.93. The molecule has 0 fully saturated rings. The molecular weight excluding hydrogens is 322 g/mol. The van der Waals surface area contributed by atoms with Crippen LogP contribution in [-0.2, 0) is 6.42 Å². The molecule has 2 aromatic carbocycles. The highest BCUT2D eigenvalue weighted by molar-refractivity contribution is 6.04. The minimum atomic E-state index is -0.471. The van der Waals surface area contributed by atoms with Crippen LogP contribution in [0.2, 0.25) is 0 Å². The lowest BCUT2D eigenvalue weighted by Crippen LogP contribution is -2.21. The summed E-state index contributed by atoms with van der Waals surface area (Å²) in [5, 5.41) is 22.8. The van der Waals surface area contributed by atoms with Crippen molar-refractivity contribution in [3.63, 3.8) is 0 Å². The van der Waals surface area contributed by atoms with Crippen molar-refractivity contribution in [1.29, 1.82) is 0 Å². The highest BCUT2D eigenvalue weighted by Gasteiger charge is 2.16. The zero-order valence-corrected chi connectivity index (χ0v) is 14.2. The number of rotatable bonds is 7. The largest absolute Gasteiger partial charge is 0.395 e. The van der Waals surface area contributed by atoms with Crippen molar-refractivity contribution in [2.45, 2.75) is 13.3 Å². The molecule has 2 rings (SSSR count). The summed E-state index contributed by atoms with van der Waals surface area (Å²) in [6, 6.07) is 11.6. The van der Waals surface area contributed by atoms with Gasteiger partial charge in [-0.25, -0.2) is 0 Å². The molecule has 0 atom stereocenters. The number of nitro benzene ring substituents is 1. The lowest BCUT2D eigenvalue weighted by Gasteiger charge is -2.18. The fraction of sp³-hybridized carbons (Fsp3) is 0.278. The summed E-state index contributed by atoms with van der Waals surface area (Å²) in [7, 11) is 1.86. The number of aliphatic hydroxyl groups excluding tert-OH is 1. The van der Waals surface area contributed by atoms with Gasteiger partial charge in [0.05, 0.1) is 11.5 Å². The molecule has 0 spiro atoms. The van der Waals surface area contributed by atoms with Crippen LogP contribution in [0, 0.1) is 10.1 Å². The number of hydrogen-bond donors (Lipinski definition) is 2. The first-order valence-corrected chi connectivity index (χ1v) is 7.97. The van der Waals surface area contributed by atoms with Crippen molar-refractivity contribution in [1.82, 2.24) is 0 Å². The highest BCUT2D eigenvalue weighted by Crippen LogP contribution is 2.22. The van der Waals surface area contributed by atoms with Gasteiger partial charge in [0, 0.05) is 42.2 Å². The van der Waals surface area contributed by atoms with Gasteiger partial charge in [0.2, 0.25) is 0 Å². The number of likely N-dealkylation sites (N-methyl/N-ethyl adjacent to an activating group) is 1. The number of nitrogens with zero attached hydrogens (tertiary/aromatic N) is 2. The van der Waals surface area contributed by atoms with Gasteiger partial charge in [0.1, 0.15) is 0 Å². The van der Waals surface area contributed by atoms with E-state index in [1.165, 1.54) is 6.07 Å². The van der Waals surface area contributed by atoms with E-state index in [1.54, 1.807) is 24.3 Å². The van der Waals surface area contributed by atoms with E-state index >= 15 is 0 Å². The maximum Gasteiger partial charge on any atom is 0.273 e. The Labute approximate surface area is 146 Å². The molecule has 0 bridgehead atoms. The quantitative estimate of drug-likeness (QED) is 0.595. The van der Waals surface area contributed by atoms with E-state index in [9.17, 15) is 14.9 Å². The van der Waals surface area contributed by atoms with E-state index in [2.05, 4.69) is 5.32 Å². The zero-order valence-electron chi connectivity index (χ0n) is 14.2. The molecule has 0 aliphatic rings. The number of anilines is 2. The fourth-order valence-corrected chi connectivity index (χ4v) is 2.46. The van der Waals surface area contributed by atoms with Crippen LogP contribution in [0.5, 0.6) is 0 Å². The molecule has 0 unspecified atom stereocenters. The van der Waals surface area contributed by atoms with E-state index in [0.29, 0.717) is 24.2 Å². The first-order chi connectivity index (χ1) is 12.0. The number of nitro groups is 1. The van der Waals surface area contributed by atoms with Crippen molar-refractivity contribution < 1.29 is 14.8 Å². The third-order valence-corrected chi connectivity index (χ3v) is 3.93. The van der Waals surface area contributed by atoms with Crippen LogP contribution in [0.3, 0.4) is 0 Å². The van der Waals surface area contributed by atoms with E-state index in [4.69, 9.17) is 5.11 Å². The molecule has 1 amide bonds. The molecular formula is C18H21N3O4. The molecule has 7 nitrogen and oxygen atoms in total. The zero-order chi connectivity index (χ0) is 18.4. The molecule has 0 aromatic heterocycles. The minimum Gasteiger partial charge on any atom is -0.395 e. The van der Waals surface area contributed by atoms with E-state index < -0.39 is 10.8 Å². The summed E-state index contributed by atoms with van der Waals surface area (Å²) in [6.07, 6.45) is 0.529. The number of amides is 1. The van der Waals surface area contributed by atoms with Crippen molar-refractivity contribution in [2.75, 3.05) is 30.4 Å². The van der Waals surface area contributed by atoms with Gasteiger partial charge in [-0.05, 0) is 36.8 Å². The first kappa shape index (κ1) is 18.4. The van der Waals surface area contributed by atoms with Gasteiger partial charge >= 0.3 is 0 Å². The van der Waals surface area contributed by atoms with Crippen LogP contribution in [0.1, 0.15) is 22.8 Å². The Morgan fingerprint density at radius 1 is 1.24 bits per heavy atom. The topological polar surface area (TPSA) is 95.7 Å². The number of carbonyl (C=O) groups is 1. The number of nitrogens with one attached hydrogen (secondary N) is 1. The molecule has 7 heteroatoms. The Balaban J connectivity index is 2.14. The number of hydrogen-bond acceptors (Lipinski definition) is 5. The molecule has 2 N–H and O–H groups in total. The molecule has 0 aliphatic carbocycles. The van der Waals surface area contributed by atoms with Crippen molar-refractivity contribution in [3.05, 3.63) is 63.7 Å². The molecule has 0 aliphatic heterocycles. The molecule has 0 radical (unpaired) electrons. The van der Waals surface area contributed by atoms with Crippen LogP contribution in [0.4, 0.5) is 17.1 Å². The smallest absolute Gasteiger partial charge is 0.273 e. The standard InChI is InChI=1S/C18H21N3O4/c1-3-13-4-5-14(12-17(13)21(24)25)18(23)19-15-6-8-16(9-7-15)20(2)10-11-22/h4-9,12,22H,3,10-11H2,1-2H3,(H,19,23). The number of aryl methyl sites for hydroxylation is 1. The molecule has 25 heavy (non-hydrogen) atoms. The second-order valence-corrected chi connectivity index (χ2v) is 5.60. The predicted octanol–water partition coefficient (Wildman–Crippen LogP) is 2.84. The first-order valence-electron chi connectivity index (χ1n) is 7.97. The summed E-state index contributed by atoms with van der Waals surface area (Å²) in [5.74, 6) is -0.401. The molecule has 0 saturated carbocycles. The minimum absolute atomic E-state index is 0.0453. The summed E-state index contributed by atoms with van der Waals surface area (Å²) in [4.78, 5) is 24.9. The maximum atomic E-state index is 12.3. The summed E-state index contributed by atoms with van der Waals surface area (Å²) in [6.45, 7) is 2.40. The molecule has 0 saturated heterocycles. The van der Waals surface area contributed by atoms with Gasteiger partial charge in [-0.15, -0.1) is 0 Å². The molecule has 2 aromatic rings. The third kappa shape index (κ3) is 4.54. The highest BCUT2D eigenvalue weighted by atomic mass is 16.6. The SMILES string of the molecule is CCc1ccc(C(=O)Nc2ccc(N(C)CCO)cc2)cc1[N+](=O)[O-]. The monoisotopic (exact) mass is 343 g/mol. The Morgan fingerprint density at radius 2 is 1.92 bits per heavy atom. The van der Waals surface area contributed by atoms with Gasteiger partial charge in [-0.3, -0.25) is 14.9 Å².